The minimum absolute atomic E-state index is 0.0272. The summed E-state index contributed by atoms with van der Waals surface area (Å²) in [4.78, 5) is 15.4. The van der Waals surface area contributed by atoms with Gasteiger partial charge in [-0.15, -0.1) is 0 Å². The third-order valence-corrected chi connectivity index (χ3v) is 4.13. The number of aromatic carboxylic acids is 1. The molecular formula is C20H14N2O4. The average Bonchev–Trinajstić information content (AvgIpc) is 3.07. The third-order valence-electron chi connectivity index (χ3n) is 4.13. The van der Waals surface area contributed by atoms with E-state index in [1.807, 2.05) is 24.3 Å². The van der Waals surface area contributed by atoms with E-state index in [4.69, 9.17) is 15.3 Å². The van der Waals surface area contributed by atoms with Crippen molar-refractivity contribution in [3.05, 3.63) is 66.2 Å². The quantitative estimate of drug-likeness (QED) is 0.380. The first-order chi connectivity index (χ1) is 12.5. The molecule has 4 rings (SSSR count). The number of phenols is 1. The molecule has 0 amide bonds. The molecule has 128 valence electrons. The molecule has 0 aliphatic rings. The van der Waals surface area contributed by atoms with Gasteiger partial charge in [0.05, 0.1) is 11.3 Å². The maximum Gasteiger partial charge on any atom is 0.335 e. The molecule has 0 aliphatic heterocycles. The minimum atomic E-state index is -0.981. The zero-order valence-electron chi connectivity index (χ0n) is 13.5. The van der Waals surface area contributed by atoms with Crippen LogP contribution in [0.25, 0.3) is 33.7 Å². The van der Waals surface area contributed by atoms with Gasteiger partial charge >= 0.3 is 5.97 Å². The van der Waals surface area contributed by atoms with Crippen LogP contribution in [0.15, 0.2) is 65.1 Å². The van der Waals surface area contributed by atoms with E-state index in [9.17, 15) is 9.90 Å². The second kappa shape index (κ2) is 5.93. The Bertz CT molecular complexity index is 1130. The summed E-state index contributed by atoms with van der Waals surface area (Å²) < 4.78 is 5.82. The molecule has 0 fully saturated rings. The zero-order chi connectivity index (χ0) is 18.3. The van der Waals surface area contributed by atoms with Gasteiger partial charge in [-0.3, -0.25) is 0 Å². The van der Waals surface area contributed by atoms with Crippen LogP contribution in [0.4, 0.5) is 5.69 Å². The minimum Gasteiger partial charge on any atom is -0.506 e. The van der Waals surface area contributed by atoms with Crippen LogP contribution in [0.2, 0.25) is 0 Å². The van der Waals surface area contributed by atoms with Crippen molar-refractivity contribution in [1.29, 1.82) is 0 Å². The number of phenolic OH excluding ortho intramolecular Hbond substituents is 1. The number of aromatic nitrogens is 1. The van der Waals surface area contributed by atoms with E-state index in [1.54, 1.807) is 24.3 Å². The maximum atomic E-state index is 10.9. The standard InChI is InChI=1S/C20H14N2O4/c21-15-7-5-13(9-17(15)23)14-6-8-16-18(10-14)26-19(22-16)11-1-3-12(4-2-11)20(24)25/h1-10,23H,21H2,(H,24,25). The summed E-state index contributed by atoms with van der Waals surface area (Å²) in [6, 6.07) is 16.9. The molecule has 6 nitrogen and oxygen atoms in total. The zero-order valence-corrected chi connectivity index (χ0v) is 13.5. The predicted octanol–water partition coefficient (Wildman–Crippen LogP) is 4.15. The number of anilines is 1. The lowest BCUT2D eigenvalue weighted by atomic mass is 10.0. The molecule has 26 heavy (non-hydrogen) atoms. The topological polar surface area (TPSA) is 110 Å². The van der Waals surface area contributed by atoms with Crippen molar-refractivity contribution in [2.45, 2.75) is 0 Å². The number of fused-ring (bicyclic) bond motifs is 1. The Balaban J connectivity index is 1.73. The number of oxazole rings is 1. The highest BCUT2D eigenvalue weighted by Crippen LogP contribution is 2.31. The highest BCUT2D eigenvalue weighted by molar-refractivity contribution is 5.88. The number of aromatic hydroxyl groups is 1. The summed E-state index contributed by atoms with van der Waals surface area (Å²) in [5, 5.41) is 18.8. The van der Waals surface area contributed by atoms with E-state index in [0.29, 0.717) is 28.2 Å². The van der Waals surface area contributed by atoms with Crippen molar-refractivity contribution in [3.8, 4) is 28.3 Å². The third kappa shape index (κ3) is 2.73. The highest BCUT2D eigenvalue weighted by Gasteiger charge is 2.11. The average molecular weight is 346 g/mol. The highest BCUT2D eigenvalue weighted by atomic mass is 16.4. The van der Waals surface area contributed by atoms with Gasteiger partial charge in [0.1, 0.15) is 11.3 Å². The van der Waals surface area contributed by atoms with Crippen molar-refractivity contribution in [2.75, 3.05) is 5.73 Å². The van der Waals surface area contributed by atoms with E-state index < -0.39 is 5.97 Å². The van der Waals surface area contributed by atoms with E-state index in [1.165, 1.54) is 12.1 Å². The largest absolute Gasteiger partial charge is 0.506 e. The van der Waals surface area contributed by atoms with Gasteiger partial charge in [0, 0.05) is 5.56 Å². The maximum absolute atomic E-state index is 10.9. The number of carbonyl (C=O) groups is 1. The van der Waals surface area contributed by atoms with Gasteiger partial charge in [-0.05, 0) is 59.7 Å². The molecule has 1 heterocycles. The predicted molar refractivity (Wildman–Crippen MR) is 97.9 cm³/mol. The smallest absolute Gasteiger partial charge is 0.335 e. The summed E-state index contributed by atoms with van der Waals surface area (Å²) in [5.41, 5.74) is 9.80. The summed E-state index contributed by atoms with van der Waals surface area (Å²) in [5.74, 6) is -0.542. The molecule has 0 unspecified atom stereocenters. The Labute approximate surface area is 148 Å². The fraction of sp³-hybridized carbons (Fsp3) is 0. The summed E-state index contributed by atoms with van der Waals surface area (Å²) in [7, 11) is 0. The van der Waals surface area contributed by atoms with Gasteiger partial charge in [-0.25, -0.2) is 9.78 Å². The van der Waals surface area contributed by atoms with Crippen LogP contribution in [0.1, 0.15) is 10.4 Å². The lowest BCUT2D eigenvalue weighted by molar-refractivity contribution is 0.0697. The molecule has 3 aromatic carbocycles. The molecule has 6 heteroatoms. The van der Waals surface area contributed by atoms with Crippen molar-refractivity contribution in [3.63, 3.8) is 0 Å². The number of carboxylic acids is 1. The molecular weight excluding hydrogens is 332 g/mol. The molecule has 0 saturated carbocycles. The molecule has 1 aromatic heterocycles. The second-order valence-corrected chi connectivity index (χ2v) is 5.86. The van der Waals surface area contributed by atoms with Crippen LogP contribution in [0.5, 0.6) is 5.75 Å². The fourth-order valence-corrected chi connectivity index (χ4v) is 2.71. The van der Waals surface area contributed by atoms with Crippen LogP contribution in [0.3, 0.4) is 0 Å². The van der Waals surface area contributed by atoms with Crippen molar-refractivity contribution in [1.82, 2.24) is 4.98 Å². The van der Waals surface area contributed by atoms with Gasteiger partial charge in [0.15, 0.2) is 5.58 Å². The summed E-state index contributed by atoms with van der Waals surface area (Å²) in [6.45, 7) is 0. The van der Waals surface area contributed by atoms with Gasteiger partial charge in [-0.1, -0.05) is 12.1 Å². The number of rotatable bonds is 3. The van der Waals surface area contributed by atoms with Crippen LogP contribution in [-0.2, 0) is 0 Å². The number of nitrogen functional groups attached to an aromatic ring is 1. The van der Waals surface area contributed by atoms with Crippen molar-refractivity contribution < 1.29 is 19.4 Å². The van der Waals surface area contributed by atoms with E-state index in [0.717, 1.165) is 11.1 Å². The van der Waals surface area contributed by atoms with E-state index in [-0.39, 0.29) is 11.3 Å². The lowest BCUT2D eigenvalue weighted by Gasteiger charge is -2.04. The molecule has 4 N–H and O–H groups in total. The molecule has 0 aliphatic carbocycles. The van der Waals surface area contributed by atoms with E-state index in [2.05, 4.69) is 4.98 Å². The van der Waals surface area contributed by atoms with Crippen LogP contribution in [-0.4, -0.2) is 21.2 Å². The number of nitrogens with zero attached hydrogens (tertiary/aromatic N) is 1. The second-order valence-electron chi connectivity index (χ2n) is 5.86. The Morgan fingerprint density at radius 2 is 1.58 bits per heavy atom. The first kappa shape index (κ1) is 15.7. The number of nitrogens with two attached hydrogens (primary N) is 1. The molecule has 0 radical (unpaired) electrons. The number of hydrogen-bond acceptors (Lipinski definition) is 5. The Kier molecular flexibility index (Phi) is 3.58. The van der Waals surface area contributed by atoms with Gasteiger partial charge < -0.3 is 20.4 Å². The molecule has 0 saturated heterocycles. The monoisotopic (exact) mass is 346 g/mol. The van der Waals surface area contributed by atoms with Gasteiger partial charge in [0.25, 0.3) is 0 Å². The van der Waals surface area contributed by atoms with Gasteiger partial charge in [0.2, 0.25) is 5.89 Å². The molecule has 0 atom stereocenters. The summed E-state index contributed by atoms with van der Waals surface area (Å²) in [6.07, 6.45) is 0. The molecule has 4 aromatic rings. The van der Waals surface area contributed by atoms with Crippen LogP contribution < -0.4 is 5.73 Å². The lowest BCUT2D eigenvalue weighted by Crippen LogP contribution is -1.94. The first-order valence-corrected chi connectivity index (χ1v) is 7.84. The van der Waals surface area contributed by atoms with E-state index >= 15 is 0 Å². The van der Waals surface area contributed by atoms with Crippen molar-refractivity contribution in [2.24, 2.45) is 0 Å². The SMILES string of the molecule is Nc1ccc(-c2ccc3nc(-c4ccc(C(=O)O)cc4)oc3c2)cc1O. The van der Waals surface area contributed by atoms with Crippen molar-refractivity contribution >= 4 is 22.8 Å². The molecule has 0 bridgehead atoms. The van der Waals surface area contributed by atoms with Crippen LogP contribution in [0, 0.1) is 0 Å². The number of hydrogen-bond donors (Lipinski definition) is 3. The van der Waals surface area contributed by atoms with Crippen LogP contribution >= 0.6 is 0 Å². The first-order valence-electron chi connectivity index (χ1n) is 7.84. The van der Waals surface area contributed by atoms with Gasteiger partial charge in [-0.2, -0.15) is 0 Å². The summed E-state index contributed by atoms with van der Waals surface area (Å²) >= 11 is 0. The number of carboxylic acid groups (broad SMARTS) is 1. The Morgan fingerprint density at radius 1 is 0.923 bits per heavy atom. The number of benzene rings is 3. The Morgan fingerprint density at radius 3 is 2.27 bits per heavy atom. The Hall–Kier alpha value is -3.80. The molecule has 0 spiro atoms. The normalized spacial score (nSPS) is 10.9. The fourth-order valence-electron chi connectivity index (χ4n) is 2.71.